The lowest BCUT2D eigenvalue weighted by Gasteiger charge is -2.25. The normalized spacial score (nSPS) is 14.6. The summed E-state index contributed by atoms with van der Waals surface area (Å²) in [6, 6.07) is 9.67. The fraction of sp³-hybridized carbons (Fsp3) is 0.318. The van der Waals surface area contributed by atoms with Crippen molar-refractivity contribution in [3.05, 3.63) is 58.4 Å². The zero-order valence-corrected chi connectivity index (χ0v) is 18.0. The number of carbonyl (C=O) groups excluding carboxylic acids is 1. The molecule has 4 rings (SSSR count). The maximum Gasteiger partial charge on any atom is 0.259 e. The number of thiophene rings is 1. The van der Waals surface area contributed by atoms with Crippen molar-refractivity contribution in [2.45, 2.75) is 20.4 Å². The van der Waals surface area contributed by atoms with Crippen LogP contribution >= 0.6 is 11.3 Å². The number of nitrogens with zero attached hydrogens (tertiary/aromatic N) is 3. The lowest BCUT2D eigenvalue weighted by Crippen LogP contribution is -2.35. The summed E-state index contributed by atoms with van der Waals surface area (Å²) in [5, 5.41) is 2.90. The first-order valence-corrected chi connectivity index (χ1v) is 10.7. The largest absolute Gasteiger partial charge is 0.383 e. The summed E-state index contributed by atoms with van der Waals surface area (Å²) in [4.78, 5) is 26.2. The number of aryl methyl sites for hydroxylation is 2. The molecule has 3 aromatic heterocycles. The number of morpholine rings is 1. The lowest BCUT2D eigenvalue weighted by molar-refractivity contribution is 0.0346. The third kappa shape index (κ3) is 4.84. The standard InChI is InChI=1S/C22H25N5O2S/c1-14-9-17(10-15(2)25-14)26-22(28)19-11-16(12-24-21(19)23)20-4-3-18(30-20)13-27-5-7-29-8-6-27/h3-4,9-12H,5-8,13H2,1-2H3,(H2,23,24)(H,25,26,28). The number of nitrogen functional groups attached to an aromatic ring is 1. The topological polar surface area (TPSA) is 93.4 Å². The lowest BCUT2D eigenvalue weighted by atomic mass is 10.1. The van der Waals surface area contributed by atoms with Gasteiger partial charge in [0.1, 0.15) is 5.82 Å². The molecule has 3 N–H and O–H groups in total. The van der Waals surface area contributed by atoms with Gasteiger partial charge in [0.25, 0.3) is 5.91 Å². The Kier molecular flexibility index (Phi) is 6.08. The van der Waals surface area contributed by atoms with E-state index in [1.54, 1.807) is 17.5 Å². The second-order valence-corrected chi connectivity index (χ2v) is 8.57. The van der Waals surface area contributed by atoms with Crippen molar-refractivity contribution in [2.75, 3.05) is 37.4 Å². The van der Waals surface area contributed by atoms with Crippen molar-refractivity contribution in [2.24, 2.45) is 0 Å². The van der Waals surface area contributed by atoms with E-state index >= 15 is 0 Å². The minimum absolute atomic E-state index is 0.212. The SMILES string of the molecule is Cc1cc(NC(=O)c2cc(-c3ccc(CN4CCOCC4)s3)cnc2N)cc(C)n1. The van der Waals surface area contributed by atoms with E-state index < -0.39 is 0 Å². The molecule has 1 aliphatic heterocycles. The zero-order chi connectivity index (χ0) is 21.1. The third-order valence-corrected chi connectivity index (χ3v) is 6.05. The Morgan fingerprint density at radius 1 is 1.20 bits per heavy atom. The molecule has 8 heteroatoms. The molecule has 156 valence electrons. The first kappa shape index (κ1) is 20.5. The van der Waals surface area contributed by atoms with E-state index in [0.29, 0.717) is 11.3 Å². The average molecular weight is 424 g/mol. The highest BCUT2D eigenvalue weighted by Gasteiger charge is 2.16. The molecule has 0 aromatic carbocycles. The molecule has 1 amide bonds. The number of rotatable bonds is 5. The minimum atomic E-state index is -0.281. The molecule has 0 unspecified atom stereocenters. The van der Waals surface area contributed by atoms with Gasteiger partial charge in [0, 0.05) is 58.2 Å². The summed E-state index contributed by atoms with van der Waals surface area (Å²) < 4.78 is 5.41. The Morgan fingerprint density at radius 2 is 1.93 bits per heavy atom. The molecule has 30 heavy (non-hydrogen) atoms. The smallest absolute Gasteiger partial charge is 0.259 e. The van der Waals surface area contributed by atoms with Gasteiger partial charge in [0.2, 0.25) is 0 Å². The quantitative estimate of drug-likeness (QED) is 0.653. The molecular formula is C22H25N5O2S. The van der Waals surface area contributed by atoms with E-state index in [4.69, 9.17) is 10.5 Å². The zero-order valence-electron chi connectivity index (χ0n) is 17.1. The van der Waals surface area contributed by atoms with Gasteiger partial charge in [-0.15, -0.1) is 11.3 Å². The number of pyridine rings is 2. The van der Waals surface area contributed by atoms with Gasteiger partial charge in [-0.2, -0.15) is 0 Å². The number of nitrogens with two attached hydrogens (primary N) is 1. The van der Waals surface area contributed by atoms with Gasteiger partial charge in [-0.25, -0.2) is 4.98 Å². The number of anilines is 2. The van der Waals surface area contributed by atoms with Crippen molar-refractivity contribution < 1.29 is 9.53 Å². The minimum Gasteiger partial charge on any atom is -0.383 e. The van der Waals surface area contributed by atoms with Gasteiger partial charge in [-0.05, 0) is 44.2 Å². The van der Waals surface area contributed by atoms with Crippen molar-refractivity contribution in [1.29, 1.82) is 0 Å². The van der Waals surface area contributed by atoms with E-state index in [0.717, 1.165) is 54.7 Å². The highest BCUT2D eigenvalue weighted by molar-refractivity contribution is 7.15. The van der Waals surface area contributed by atoms with Crippen LogP contribution < -0.4 is 11.1 Å². The number of hydrogen-bond donors (Lipinski definition) is 2. The first-order valence-electron chi connectivity index (χ1n) is 9.89. The molecule has 0 bridgehead atoms. The Morgan fingerprint density at radius 3 is 2.67 bits per heavy atom. The van der Waals surface area contributed by atoms with Crippen LogP contribution in [0.1, 0.15) is 26.6 Å². The predicted octanol–water partition coefficient (Wildman–Crippen LogP) is 3.49. The van der Waals surface area contributed by atoms with Crippen molar-refractivity contribution in [1.82, 2.24) is 14.9 Å². The van der Waals surface area contributed by atoms with Crippen LogP contribution in [0.4, 0.5) is 11.5 Å². The van der Waals surface area contributed by atoms with Crippen LogP contribution in [0.25, 0.3) is 10.4 Å². The number of ether oxygens (including phenoxy) is 1. The Hall–Kier alpha value is -2.81. The van der Waals surface area contributed by atoms with Gasteiger partial charge >= 0.3 is 0 Å². The number of nitrogens with one attached hydrogen (secondary N) is 1. The van der Waals surface area contributed by atoms with Crippen LogP contribution in [0.5, 0.6) is 0 Å². The molecule has 0 saturated carbocycles. The Bertz CT molecular complexity index is 1040. The molecule has 1 fully saturated rings. The summed E-state index contributed by atoms with van der Waals surface area (Å²) >= 11 is 1.71. The fourth-order valence-corrected chi connectivity index (χ4v) is 4.53. The van der Waals surface area contributed by atoms with Gasteiger partial charge in [-0.1, -0.05) is 0 Å². The fourth-order valence-electron chi connectivity index (χ4n) is 3.49. The summed E-state index contributed by atoms with van der Waals surface area (Å²) in [5.41, 5.74) is 9.64. The molecular weight excluding hydrogens is 398 g/mol. The molecule has 1 saturated heterocycles. The first-order chi connectivity index (χ1) is 14.5. The highest BCUT2D eigenvalue weighted by atomic mass is 32.1. The van der Waals surface area contributed by atoms with Gasteiger partial charge in [0.05, 0.1) is 18.8 Å². The summed E-state index contributed by atoms with van der Waals surface area (Å²) in [6.07, 6.45) is 1.72. The molecule has 7 nitrogen and oxygen atoms in total. The second kappa shape index (κ2) is 8.91. The van der Waals surface area contributed by atoms with E-state index in [1.165, 1.54) is 4.88 Å². The van der Waals surface area contributed by atoms with Crippen LogP contribution in [0.15, 0.2) is 36.5 Å². The number of hydrogen-bond acceptors (Lipinski definition) is 7. The summed E-state index contributed by atoms with van der Waals surface area (Å²) in [5.74, 6) is -0.0687. The monoisotopic (exact) mass is 423 g/mol. The van der Waals surface area contributed by atoms with E-state index in [-0.39, 0.29) is 11.7 Å². The van der Waals surface area contributed by atoms with Crippen LogP contribution in [0.3, 0.4) is 0 Å². The van der Waals surface area contributed by atoms with Crippen molar-refractivity contribution in [3.63, 3.8) is 0 Å². The number of amides is 1. The number of carbonyl (C=O) groups is 1. The van der Waals surface area contributed by atoms with Crippen LogP contribution in [0.2, 0.25) is 0 Å². The maximum atomic E-state index is 12.8. The summed E-state index contributed by atoms with van der Waals surface area (Å²) in [7, 11) is 0. The van der Waals surface area contributed by atoms with Gasteiger partial charge in [0.15, 0.2) is 0 Å². The maximum absolute atomic E-state index is 12.8. The van der Waals surface area contributed by atoms with Crippen molar-refractivity contribution >= 4 is 28.7 Å². The molecule has 0 aliphatic carbocycles. The van der Waals surface area contributed by atoms with Crippen molar-refractivity contribution in [3.8, 4) is 10.4 Å². The van der Waals surface area contributed by atoms with E-state index in [9.17, 15) is 4.79 Å². The molecule has 4 heterocycles. The van der Waals surface area contributed by atoms with Crippen LogP contribution in [-0.2, 0) is 11.3 Å². The summed E-state index contributed by atoms with van der Waals surface area (Å²) in [6.45, 7) is 8.17. The number of aromatic nitrogens is 2. The predicted molar refractivity (Wildman–Crippen MR) is 120 cm³/mol. The van der Waals surface area contributed by atoms with E-state index in [2.05, 4.69) is 32.3 Å². The second-order valence-electron chi connectivity index (χ2n) is 7.40. The molecule has 0 atom stereocenters. The van der Waals surface area contributed by atoms with Gasteiger partial charge in [-0.3, -0.25) is 14.7 Å². The molecule has 3 aromatic rings. The Labute approximate surface area is 179 Å². The van der Waals surface area contributed by atoms with Gasteiger partial charge < -0.3 is 15.8 Å². The average Bonchev–Trinajstić information content (AvgIpc) is 3.16. The molecule has 1 aliphatic rings. The highest BCUT2D eigenvalue weighted by Crippen LogP contribution is 2.30. The Balaban J connectivity index is 1.52. The molecule has 0 radical (unpaired) electrons. The molecule has 0 spiro atoms. The van der Waals surface area contributed by atoms with E-state index in [1.807, 2.05) is 32.0 Å². The third-order valence-electron chi connectivity index (χ3n) is 4.93. The van der Waals surface area contributed by atoms with Crippen LogP contribution in [-0.4, -0.2) is 47.1 Å². The van der Waals surface area contributed by atoms with Crippen LogP contribution in [0, 0.1) is 13.8 Å².